The van der Waals surface area contributed by atoms with Crippen molar-refractivity contribution < 1.29 is 0 Å². The summed E-state index contributed by atoms with van der Waals surface area (Å²) in [7, 11) is 0. The van der Waals surface area contributed by atoms with E-state index in [4.69, 9.17) is 4.98 Å². The van der Waals surface area contributed by atoms with E-state index >= 15 is 0 Å². The first-order chi connectivity index (χ1) is 15.5. The number of hydrogen-bond donors (Lipinski definition) is 0. The minimum atomic E-state index is -0.0826. The maximum atomic E-state index is 12.3. The van der Waals surface area contributed by atoms with Gasteiger partial charge in [0.1, 0.15) is 5.65 Å². The number of aromatic nitrogens is 6. The van der Waals surface area contributed by atoms with Gasteiger partial charge in [-0.2, -0.15) is 5.10 Å². The zero-order valence-electron chi connectivity index (χ0n) is 18.6. The van der Waals surface area contributed by atoms with Crippen LogP contribution in [0.3, 0.4) is 0 Å². The summed E-state index contributed by atoms with van der Waals surface area (Å²) >= 11 is 0. The van der Waals surface area contributed by atoms with Crippen molar-refractivity contribution in [3.8, 4) is 5.82 Å². The van der Waals surface area contributed by atoms with Crippen LogP contribution in [0, 0.1) is 13.8 Å². The summed E-state index contributed by atoms with van der Waals surface area (Å²) in [5, 5.41) is 9.02. The predicted octanol–water partition coefficient (Wildman–Crippen LogP) is 1.51. The van der Waals surface area contributed by atoms with E-state index in [0.717, 1.165) is 62.0 Å². The van der Waals surface area contributed by atoms with E-state index in [1.165, 1.54) is 0 Å². The van der Waals surface area contributed by atoms with Crippen molar-refractivity contribution in [2.45, 2.75) is 26.9 Å². The Morgan fingerprint density at radius 1 is 0.938 bits per heavy atom. The molecule has 0 aliphatic carbocycles. The van der Waals surface area contributed by atoms with Gasteiger partial charge in [0.05, 0.1) is 17.9 Å². The van der Waals surface area contributed by atoms with Gasteiger partial charge in [-0.05, 0) is 38.1 Å². The molecule has 4 aromatic rings. The lowest BCUT2D eigenvalue weighted by Gasteiger charge is -2.34. The molecule has 0 N–H and O–H groups in total. The molecule has 0 amide bonds. The molecule has 1 fully saturated rings. The molecule has 0 bridgehead atoms. The summed E-state index contributed by atoms with van der Waals surface area (Å²) in [6.07, 6.45) is 4.14. The van der Waals surface area contributed by atoms with Crippen molar-refractivity contribution in [1.29, 1.82) is 0 Å². The van der Waals surface area contributed by atoms with Gasteiger partial charge in [0, 0.05) is 63.4 Å². The standard InChI is InChI=1S/C23H28N8O/c1-18-15-19(2)31(25-18)22-6-7-23(32)30(26-22)14-13-27-9-11-28(12-10-27)16-20-17-29-8-4-3-5-21(29)24-20/h3-8,15,17H,9-14,16H2,1-2H3. The highest BCUT2D eigenvalue weighted by atomic mass is 16.1. The van der Waals surface area contributed by atoms with Crippen molar-refractivity contribution in [2.24, 2.45) is 0 Å². The number of hydrogen-bond acceptors (Lipinski definition) is 6. The molecule has 9 heteroatoms. The lowest BCUT2D eigenvalue weighted by molar-refractivity contribution is 0.122. The largest absolute Gasteiger partial charge is 0.307 e. The second kappa shape index (κ2) is 8.68. The lowest BCUT2D eigenvalue weighted by Crippen LogP contribution is -2.47. The lowest BCUT2D eigenvalue weighted by atomic mass is 10.3. The Labute approximate surface area is 186 Å². The fraction of sp³-hybridized carbons (Fsp3) is 0.391. The molecule has 5 heterocycles. The van der Waals surface area contributed by atoms with Gasteiger partial charge in [-0.25, -0.2) is 14.3 Å². The van der Waals surface area contributed by atoms with Gasteiger partial charge < -0.3 is 4.40 Å². The van der Waals surface area contributed by atoms with Crippen LogP contribution in [0.15, 0.2) is 53.6 Å². The Morgan fingerprint density at radius 3 is 2.50 bits per heavy atom. The minimum Gasteiger partial charge on any atom is -0.307 e. The molecular formula is C23H28N8O. The van der Waals surface area contributed by atoms with Gasteiger partial charge in [0.15, 0.2) is 5.82 Å². The second-order valence-electron chi connectivity index (χ2n) is 8.41. The van der Waals surface area contributed by atoms with E-state index in [0.29, 0.717) is 12.4 Å². The van der Waals surface area contributed by atoms with Crippen LogP contribution in [0.4, 0.5) is 0 Å². The van der Waals surface area contributed by atoms with Gasteiger partial charge in [0.2, 0.25) is 0 Å². The van der Waals surface area contributed by atoms with Crippen molar-refractivity contribution in [2.75, 3.05) is 32.7 Å². The molecular weight excluding hydrogens is 404 g/mol. The molecule has 1 aliphatic heterocycles. The fourth-order valence-electron chi connectivity index (χ4n) is 4.27. The first kappa shape index (κ1) is 20.6. The molecule has 1 aliphatic rings. The van der Waals surface area contributed by atoms with E-state index < -0.39 is 0 Å². The molecule has 166 valence electrons. The van der Waals surface area contributed by atoms with Crippen LogP contribution in [0.5, 0.6) is 0 Å². The highest BCUT2D eigenvalue weighted by Gasteiger charge is 2.18. The third kappa shape index (κ3) is 4.35. The topological polar surface area (TPSA) is 76.5 Å². The third-order valence-electron chi connectivity index (χ3n) is 5.97. The van der Waals surface area contributed by atoms with Crippen LogP contribution >= 0.6 is 0 Å². The number of nitrogens with zero attached hydrogens (tertiary/aromatic N) is 8. The predicted molar refractivity (Wildman–Crippen MR) is 122 cm³/mol. The minimum absolute atomic E-state index is 0.0826. The first-order valence-electron chi connectivity index (χ1n) is 11.0. The van der Waals surface area contributed by atoms with Crippen LogP contribution in [0.2, 0.25) is 0 Å². The Bertz CT molecular complexity index is 1250. The summed E-state index contributed by atoms with van der Waals surface area (Å²) in [5.74, 6) is 0.674. The molecule has 5 rings (SSSR count). The van der Waals surface area contributed by atoms with E-state index in [2.05, 4.69) is 30.6 Å². The SMILES string of the molecule is Cc1cc(C)n(-c2ccc(=O)n(CCN3CCN(Cc4cn5ccccc5n4)CC3)n2)n1. The maximum absolute atomic E-state index is 12.3. The monoisotopic (exact) mass is 432 g/mol. The van der Waals surface area contributed by atoms with Gasteiger partial charge in [-0.1, -0.05) is 6.07 Å². The average molecular weight is 433 g/mol. The van der Waals surface area contributed by atoms with E-state index in [1.807, 2.05) is 44.3 Å². The van der Waals surface area contributed by atoms with Crippen LogP contribution in [-0.4, -0.2) is 71.5 Å². The number of imidazole rings is 1. The van der Waals surface area contributed by atoms with Gasteiger partial charge in [-0.3, -0.25) is 14.6 Å². The van der Waals surface area contributed by atoms with Crippen LogP contribution < -0.4 is 5.56 Å². The molecule has 0 atom stereocenters. The third-order valence-corrected chi connectivity index (χ3v) is 5.97. The van der Waals surface area contributed by atoms with Gasteiger partial charge >= 0.3 is 0 Å². The Balaban J connectivity index is 1.17. The van der Waals surface area contributed by atoms with E-state index in [1.54, 1.807) is 21.5 Å². The average Bonchev–Trinajstić information content (AvgIpc) is 3.35. The molecule has 0 radical (unpaired) electrons. The number of fused-ring (bicyclic) bond motifs is 1. The second-order valence-corrected chi connectivity index (χ2v) is 8.41. The van der Waals surface area contributed by atoms with E-state index in [9.17, 15) is 4.79 Å². The molecule has 9 nitrogen and oxygen atoms in total. The number of pyridine rings is 1. The zero-order valence-corrected chi connectivity index (χ0v) is 18.6. The Morgan fingerprint density at radius 2 is 1.75 bits per heavy atom. The summed E-state index contributed by atoms with van der Waals surface area (Å²) in [5.41, 5.74) is 3.94. The van der Waals surface area contributed by atoms with Crippen LogP contribution in [0.25, 0.3) is 11.5 Å². The molecule has 0 saturated carbocycles. The molecule has 32 heavy (non-hydrogen) atoms. The summed E-state index contributed by atoms with van der Waals surface area (Å²) < 4.78 is 5.40. The number of piperazine rings is 1. The van der Waals surface area contributed by atoms with Crippen molar-refractivity contribution >= 4 is 5.65 Å². The molecule has 0 spiro atoms. The van der Waals surface area contributed by atoms with Crippen molar-refractivity contribution in [1.82, 2.24) is 38.7 Å². The smallest absolute Gasteiger partial charge is 0.266 e. The summed E-state index contributed by atoms with van der Waals surface area (Å²) in [4.78, 5) is 21.9. The van der Waals surface area contributed by atoms with Crippen molar-refractivity contribution in [3.05, 3.63) is 76.2 Å². The highest BCUT2D eigenvalue weighted by molar-refractivity contribution is 5.39. The molecule has 4 aromatic heterocycles. The number of aryl methyl sites for hydroxylation is 2. The fourth-order valence-corrected chi connectivity index (χ4v) is 4.27. The van der Waals surface area contributed by atoms with Crippen molar-refractivity contribution in [3.63, 3.8) is 0 Å². The Hall–Kier alpha value is -3.30. The summed E-state index contributed by atoms with van der Waals surface area (Å²) in [6.45, 7) is 10.1. The normalized spacial score (nSPS) is 15.6. The molecule has 0 aromatic carbocycles. The van der Waals surface area contributed by atoms with Gasteiger partial charge in [-0.15, -0.1) is 5.10 Å². The van der Waals surface area contributed by atoms with E-state index in [-0.39, 0.29) is 5.56 Å². The first-order valence-corrected chi connectivity index (χ1v) is 11.0. The van der Waals surface area contributed by atoms with Crippen LogP contribution in [0.1, 0.15) is 17.1 Å². The highest BCUT2D eigenvalue weighted by Crippen LogP contribution is 2.11. The maximum Gasteiger partial charge on any atom is 0.266 e. The van der Waals surface area contributed by atoms with Gasteiger partial charge in [0.25, 0.3) is 5.56 Å². The molecule has 0 unspecified atom stereocenters. The van der Waals surface area contributed by atoms with Crippen LogP contribution in [-0.2, 0) is 13.1 Å². The zero-order chi connectivity index (χ0) is 22.1. The quantitative estimate of drug-likeness (QED) is 0.460. The Kier molecular flexibility index (Phi) is 5.59. The summed E-state index contributed by atoms with van der Waals surface area (Å²) in [6, 6.07) is 11.4. The number of rotatable bonds is 6. The molecule has 1 saturated heterocycles.